The number of nitrogens with zero attached hydrogens (tertiary/aromatic N) is 1. The molecule has 1 atom stereocenters. The van der Waals surface area contributed by atoms with Gasteiger partial charge in [0.15, 0.2) is 0 Å². The van der Waals surface area contributed by atoms with E-state index < -0.39 is 0 Å². The minimum atomic E-state index is -0.0839. The van der Waals surface area contributed by atoms with E-state index in [0.717, 1.165) is 25.9 Å². The third kappa shape index (κ3) is 4.17. The van der Waals surface area contributed by atoms with E-state index in [0.29, 0.717) is 0 Å². The van der Waals surface area contributed by atoms with E-state index in [1.807, 2.05) is 11.7 Å². The van der Waals surface area contributed by atoms with Gasteiger partial charge in [-0.15, -0.1) is 11.3 Å². The molecular formula is C10H19N3S. The molecule has 0 saturated carbocycles. The second-order valence-electron chi connectivity index (χ2n) is 3.98. The first-order valence-electron chi connectivity index (χ1n) is 5.01. The van der Waals surface area contributed by atoms with Gasteiger partial charge in [-0.2, -0.15) is 0 Å². The van der Waals surface area contributed by atoms with Crippen LogP contribution in [0.5, 0.6) is 0 Å². The molecule has 1 unspecified atom stereocenters. The Labute approximate surface area is 89.7 Å². The molecule has 1 aromatic rings. The molecule has 3 N–H and O–H groups in total. The molecule has 0 aliphatic heterocycles. The van der Waals surface area contributed by atoms with Crippen LogP contribution in [0.2, 0.25) is 0 Å². The third-order valence-corrected chi connectivity index (χ3v) is 2.91. The average molecular weight is 213 g/mol. The molecule has 0 amide bonds. The minimum absolute atomic E-state index is 0.0839. The zero-order chi connectivity index (χ0) is 10.4. The Morgan fingerprint density at radius 2 is 2.43 bits per heavy atom. The van der Waals surface area contributed by atoms with Crippen LogP contribution in [0.4, 0.5) is 0 Å². The number of rotatable bonds is 6. The number of thiazole rings is 1. The van der Waals surface area contributed by atoms with Gasteiger partial charge < -0.3 is 11.1 Å². The topological polar surface area (TPSA) is 50.9 Å². The smallest absolute Gasteiger partial charge is 0.0794 e. The highest BCUT2D eigenvalue weighted by Crippen LogP contribution is 2.08. The predicted octanol–water partition coefficient (Wildman–Crippen LogP) is 1.75. The fraction of sp³-hybridized carbons (Fsp3) is 0.700. The van der Waals surface area contributed by atoms with E-state index in [1.165, 1.54) is 4.88 Å². The molecule has 0 aliphatic carbocycles. The molecule has 0 saturated heterocycles. The van der Waals surface area contributed by atoms with Crippen LogP contribution in [0, 0.1) is 0 Å². The molecule has 1 heterocycles. The summed E-state index contributed by atoms with van der Waals surface area (Å²) in [4.78, 5) is 5.28. The van der Waals surface area contributed by atoms with Crippen LogP contribution < -0.4 is 11.1 Å². The van der Waals surface area contributed by atoms with E-state index in [1.54, 1.807) is 11.3 Å². The molecule has 4 heteroatoms. The Hall–Kier alpha value is -0.450. The van der Waals surface area contributed by atoms with Gasteiger partial charge in [0.25, 0.3) is 0 Å². The van der Waals surface area contributed by atoms with Crippen LogP contribution in [0.1, 0.15) is 31.6 Å². The summed E-state index contributed by atoms with van der Waals surface area (Å²) in [5.74, 6) is 0. The maximum atomic E-state index is 6.09. The van der Waals surface area contributed by atoms with E-state index in [4.69, 9.17) is 5.73 Å². The van der Waals surface area contributed by atoms with Gasteiger partial charge in [0.05, 0.1) is 5.51 Å². The first-order chi connectivity index (χ1) is 6.64. The lowest BCUT2D eigenvalue weighted by molar-refractivity contribution is 0.397. The Balaban J connectivity index is 2.20. The fourth-order valence-corrected chi connectivity index (χ4v) is 2.02. The number of nitrogens with one attached hydrogen (secondary N) is 1. The Morgan fingerprint density at radius 3 is 3.00 bits per heavy atom. The molecule has 3 nitrogen and oxygen atoms in total. The Morgan fingerprint density at radius 1 is 1.64 bits per heavy atom. The second-order valence-corrected chi connectivity index (χ2v) is 4.95. The molecule has 1 aromatic heterocycles. The van der Waals surface area contributed by atoms with Gasteiger partial charge >= 0.3 is 0 Å². The van der Waals surface area contributed by atoms with Gasteiger partial charge in [0, 0.05) is 29.7 Å². The van der Waals surface area contributed by atoms with Crippen molar-refractivity contribution in [1.82, 2.24) is 10.3 Å². The lowest BCUT2D eigenvalue weighted by atomic mass is 9.98. The van der Waals surface area contributed by atoms with Gasteiger partial charge in [-0.1, -0.05) is 13.3 Å². The van der Waals surface area contributed by atoms with Crippen molar-refractivity contribution in [1.29, 1.82) is 0 Å². The summed E-state index contributed by atoms with van der Waals surface area (Å²) in [6, 6.07) is 0. The van der Waals surface area contributed by atoms with Gasteiger partial charge in [-0.3, -0.25) is 4.98 Å². The van der Waals surface area contributed by atoms with Crippen molar-refractivity contribution in [3.63, 3.8) is 0 Å². The number of hydrogen-bond acceptors (Lipinski definition) is 4. The Kier molecular flexibility index (Phi) is 4.51. The van der Waals surface area contributed by atoms with Gasteiger partial charge in [-0.25, -0.2) is 0 Å². The van der Waals surface area contributed by atoms with Crippen molar-refractivity contribution in [3.8, 4) is 0 Å². The molecule has 0 aromatic carbocycles. The standard InChI is InChI=1S/C10H19N3S/c1-3-4-10(2,11)7-12-5-9-6-13-8-14-9/h6,8,12H,3-5,7,11H2,1-2H3. The summed E-state index contributed by atoms with van der Waals surface area (Å²) in [7, 11) is 0. The largest absolute Gasteiger partial charge is 0.324 e. The number of nitrogens with two attached hydrogens (primary N) is 1. The summed E-state index contributed by atoms with van der Waals surface area (Å²) in [5.41, 5.74) is 7.86. The second kappa shape index (κ2) is 5.44. The summed E-state index contributed by atoms with van der Waals surface area (Å²) in [6.07, 6.45) is 4.09. The summed E-state index contributed by atoms with van der Waals surface area (Å²) in [6.45, 7) is 5.99. The minimum Gasteiger partial charge on any atom is -0.324 e. The predicted molar refractivity (Wildman–Crippen MR) is 61.3 cm³/mol. The van der Waals surface area contributed by atoms with Crippen LogP contribution >= 0.6 is 11.3 Å². The zero-order valence-corrected chi connectivity index (χ0v) is 9.73. The van der Waals surface area contributed by atoms with Crippen molar-refractivity contribution < 1.29 is 0 Å². The van der Waals surface area contributed by atoms with E-state index >= 15 is 0 Å². The number of aromatic nitrogens is 1. The molecule has 0 radical (unpaired) electrons. The van der Waals surface area contributed by atoms with Crippen molar-refractivity contribution >= 4 is 11.3 Å². The molecule has 0 fully saturated rings. The van der Waals surface area contributed by atoms with Crippen LogP contribution in [0.25, 0.3) is 0 Å². The van der Waals surface area contributed by atoms with E-state index in [2.05, 4.69) is 24.1 Å². The van der Waals surface area contributed by atoms with Gasteiger partial charge in [-0.05, 0) is 13.3 Å². The molecule has 0 bridgehead atoms. The van der Waals surface area contributed by atoms with Crippen LogP contribution in [-0.4, -0.2) is 17.1 Å². The first kappa shape index (κ1) is 11.6. The first-order valence-corrected chi connectivity index (χ1v) is 5.89. The molecule has 0 spiro atoms. The van der Waals surface area contributed by atoms with Gasteiger partial charge in [0.1, 0.15) is 0 Å². The lowest BCUT2D eigenvalue weighted by Crippen LogP contribution is -2.45. The van der Waals surface area contributed by atoms with Crippen LogP contribution in [-0.2, 0) is 6.54 Å². The van der Waals surface area contributed by atoms with Crippen molar-refractivity contribution in [3.05, 3.63) is 16.6 Å². The molecule has 0 aliphatic rings. The maximum absolute atomic E-state index is 6.09. The summed E-state index contributed by atoms with van der Waals surface area (Å²) in [5, 5.41) is 3.36. The maximum Gasteiger partial charge on any atom is 0.0794 e. The molecule has 80 valence electrons. The van der Waals surface area contributed by atoms with E-state index in [9.17, 15) is 0 Å². The number of hydrogen-bond donors (Lipinski definition) is 2. The van der Waals surface area contributed by atoms with Gasteiger partial charge in [0.2, 0.25) is 0 Å². The summed E-state index contributed by atoms with van der Waals surface area (Å²) >= 11 is 1.67. The normalized spacial score (nSPS) is 15.4. The van der Waals surface area contributed by atoms with Crippen LogP contribution in [0.3, 0.4) is 0 Å². The summed E-state index contributed by atoms with van der Waals surface area (Å²) < 4.78 is 0. The monoisotopic (exact) mass is 213 g/mol. The van der Waals surface area contributed by atoms with Crippen LogP contribution in [0.15, 0.2) is 11.7 Å². The van der Waals surface area contributed by atoms with E-state index in [-0.39, 0.29) is 5.54 Å². The highest BCUT2D eigenvalue weighted by Gasteiger charge is 2.15. The lowest BCUT2D eigenvalue weighted by Gasteiger charge is -2.24. The van der Waals surface area contributed by atoms with Crippen molar-refractivity contribution in [2.45, 2.75) is 38.8 Å². The highest BCUT2D eigenvalue weighted by molar-refractivity contribution is 7.09. The molecular weight excluding hydrogens is 194 g/mol. The fourth-order valence-electron chi connectivity index (χ4n) is 1.46. The zero-order valence-electron chi connectivity index (χ0n) is 8.92. The third-order valence-electron chi connectivity index (χ3n) is 2.13. The average Bonchev–Trinajstić information content (AvgIpc) is 2.56. The molecule has 1 rings (SSSR count). The highest BCUT2D eigenvalue weighted by atomic mass is 32.1. The Bertz CT molecular complexity index is 244. The quantitative estimate of drug-likeness (QED) is 0.757. The van der Waals surface area contributed by atoms with Crippen molar-refractivity contribution in [2.75, 3.05) is 6.54 Å². The SMILES string of the molecule is CCCC(C)(N)CNCc1cncs1. The van der Waals surface area contributed by atoms with Crippen molar-refractivity contribution in [2.24, 2.45) is 5.73 Å². The molecule has 14 heavy (non-hydrogen) atoms.